The SMILES string of the molecule is COC(=O)CC[C@H](C)[C@H]1CC[C@H]2[C@H]3[C@H](OC(C)=O)[C@H](Br)[C@@H]4CCCC[C@]4(C)[C@@H]3CC[C@]12C. The summed E-state index contributed by atoms with van der Waals surface area (Å²) in [7, 11) is 1.48. The first kappa shape index (κ1) is 24.5. The number of ether oxygens (including phenoxy) is 2. The lowest BCUT2D eigenvalue weighted by molar-refractivity contribution is -0.185. The molecular weight excluding hydrogens is 468 g/mol. The number of carbonyl (C=O) groups is 2. The van der Waals surface area contributed by atoms with Crippen LogP contribution in [-0.2, 0) is 19.1 Å². The van der Waals surface area contributed by atoms with Crippen molar-refractivity contribution in [2.45, 2.75) is 103 Å². The zero-order valence-corrected chi connectivity index (χ0v) is 22.3. The zero-order chi connectivity index (χ0) is 23.3. The largest absolute Gasteiger partial charge is 0.469 e. The maximum absolute atomic E-state index is 12.2. The second-order valence-electron chi connectivity index (χ2n) is 12.0. The number of methoxy groups -OCH3 is 1. The molecule has 0 N–H and O–H groups in total. The van der Waals surface area contributed by atoms with Crippen LogP contribution in [-0.4, -0.2) is 30.0 Å². The van der Waals surface area contributed by atoms with Crippen molar-refractivity contribution < 1.29 is 19.1 Å². The van der Waals surface area contributed by atoms with Gasteiger partial charge in [-0.25, -0.2) is 0 Å². The monoisotopic (exact) mass is 510 g/mol. The average molecular weight is 512 g/mol. The van der Waals surface area contributed by atoms with Crippen LogP contribution in [0.25, 0.3) is 0 Å². The highest BCUT2D eigenvalue weighted by Gasteiger charge is 2.65. The maximum Gasteiger partial charge on any atom is 0.305 e. The van der Waals surface area contributed by atoms with Crippen molar-refractivity contribution in [1.29, 1.82) is 0 Å². The van der Waals surface area contributed by atoms with Gasteiger partial charge in [-0.15, -0.1) is 0 Å². The van der Waals surface area contributed by atoms with Crippen LogP contribution in [0.4, 0.5) is 0 Å². The summed E-state index contributed by atoms with van der Waals surface area (Å²) in [6.45, 7) is 8.99. The van der Waals surface area contributed by atoms with Gasteiger partial charge in [0.25, 0.3) is 0 Å². The zero-order valence-electron chi connectivity index (χ0n) is 20.7. The summed E-state index contributed by atoms with van der Waals surface area (Å²) in [5, 5.41) is 0. The van der Waals surface area contributed by atoms with E-state index in [0.717, 1.165) is 6.42 Å². The van der Waals surface area contributed by atoms with Gasteiger partial charge in [-0.2, -0.15) is 0 Å². The molecule has 4 saturated carbocycles. The van der Waals surface area contributed by atoms with Crippen molar-refractivity contribution in [1.82, 2.24) is 0 Å². The number of hydrogen-bond donors (Lipinski definition) is 0. The van der Waals surface area contributed by atoms with Crippen molar-refractivity contribution in [2.75, 3.05) is 7.11 Å². The fourth-order valence-corrected chi connectivity index (χ4v) is 10.5. The highest BCUT2D eigenvalue weighted by molar-refractivity contribution is 9.09. The van der Waals surface area contributed by atoms with Gasteiger partial charge in [-0.05, 0) is 85.4 Å². The van der Waals surface area contributed by atoms with E-state index in [1.165, 1.54) is 58.5 Å². The Labute approximate surface area is 203 Å². The average Bonchev–Trinajstić information content (AvgIpc) is 3.11. The molecule has 5 heteroatoms. The molecular formula is C27H43BrO4. The molecule has 0 unspecified atom stereocenters. The van der Waals surface area contributed by atoms with Crippen molar-refractivity contribution in [2.24, 2.45) is 46.3 Å². The smallest absolute Gasteiger partial charge is 0.305 e. The van der Waals surface area contributed by atoms with E-state index in [4.69, 9.17) is 9.47 Å². The molecule has 32 heavy (non-hydrogen) atoms. The summed E-state index contributed by atoms with van der Waals surface area (Å²) >= 11 is 4.10. The molecule has 0 aromatic rings. The van der Waals surface area contributed by atoms with Gasteiger partial charge in [-0.3, -0.25) is 9.59 Å². The highest BCUT2D eigenvalue weighted by atomic mass is 79.9. The Morgan fingerprint density at radius 2 is 1.72 bits per heavy atom. The first-order valence-electron chi connectivity index (χ1n) is 13.0. The van der Waals surface area contributed by atoms with Gasteiger partial charge in [0.1, 0.15) is 6.10 Å². The Morgan fingerprint density at radius 1 is 1.00 bits per heavy atom. The quantitative estimate of drug-likeness (QED) is 0.311. The number of carbonyl (C=O) groups excluding carboxylic acids is 2. The second-order valence-corrected chi connectivity index (χ2v) is 13.0. The third-order valence-electron chi connectivity index (χ3n) is 10.7. The molecule has 10 atom stereocenters. The first-order chi connectivity index (χ1) is 15.1. The summed E-state index contributed by atoms with van der Waals surface area (Å²) in [6.07, 6.45) is 11.6. The van der Waals surface area contributed by atoms with E-state index in [-0.39, 0.29) is 28.3 Å². The van der Waals surface area contributed by atoms with E-state index in [0.29, 0.717) is 47.3 Å². The van der Waals surface area contributed by atoms with Crippen molar-refractivity contribution >= 4 is 27.9 Å². The minimum Gasteiger partial charge on any atom is -0.469 e. The molecule has 0 heterocycles. The lowest BCUT2D eigenvalue weighted by atomic mass is 9.43. The molecule has 4 aliphatic rings. The van der Waals surface area contributed by atoms with Crippen LogP contribution in [0.1, 0.15) is 91.9 Å². The molecule has 0 aliphatic heterocycles. The minimum atomic E-state index is -0.133. The van der Waals surface area contributed by atoms with E-state index in [1.54, 1.807) is 6.92 Å². The van der Waals surface area contributed by atoms with E-state index in [1.807, 2.05) is 0 Å². The Morgan fingerprint density at radius 3 is 2.41 bits per heavy atom. The van der Waals surface area contributed by atoms with Crippen LogP contribution in [0.3, 0.4) is 0 Å². The number of fused-ring (bicyclic) bond motifs is 5. The number of esters is 2. The van der Waals surface area contributed by atoms with Gasteiger partial charge < -0.3 is 9.47 Å². The van der Waals surface area contributed by atoms with Crippen LogP contribution in [0.5, 0.6) is 0 Å². The van der Waals surface area contributed by atoms with Crippen molar-refractivity contribution in [3.05, 3.63) is 0 Å². The van der Waals surface area contributed by atoms with Gasteiger partial charge in [0, 0.05) is 19.3 Å². The lowest BCUT2D eigenvalue weighted by Gasteiger charge is -2.63. The van der Waals surface area contributed by atoms with Gasteiger partial charge in [0.2, 0.25) is 0 Å². The normalized spacial score (nSPS) is 46.4. The molecule has 0 aromatic heterocycles. The fraction of sp³-hybridized carbons (Fsp3) is 0.926. The van der Waals surface area contributed by atoms with E-state index < -0.39 is 0 Å². The number of rotatable bonds is 5. The summed E-state index contributed by atoms with van der Waals surface area (Å²) < 4.78 is 11.1. The Bertz CT molecular complexity index is 724. The topological polar surface area (TPSA) is 52.6 Å². The molecule has 0 saturated heterocycles. The number of alkyl halides is 1. The molecule has 4 rings (SSSR count). The molecule has 4 fully saturated rings. The molecule has 0 radical (unpaired) electrons. The van der Waals surface area contributed by atoms with Crippen molar-refractivity contribution in [3.8, 4) is 0 Å². The lowest BCUT2D eigenvalue weighted by Crippen LogP contribution is -2.62. The van der Waals surface area contributed by atoms with Crippen LogP contribution < -0.4 is 0 Å². The maximum atomic E-state index is 12.2. The molecule has 182 valence electrons. The van der Waals surface area contributed by atoms with Crippen molar-refractivity contribution in [3.63, 3.8) is 0 Å². The Kier molecular flexibility index (Phi) is 7.08. The highest BCUT2D eigenvalue weighted by Crippen LogP contribution is 2.69. The summed E-state index contributed by atoms with van der Waals surface area (Å²) in [5.74, 6) is 3.19. The molecule has 0 spiro atoms. The van der Waals surface area contributed by atoms with Crippen LogP contribution in [0.2, 0.25) is 0 Å². The van der Waals surface area contributed by atoms with E-state index >= 15 is 0 Å². The van der Waals surface area contributed by atoms with Crippen LogP contribution in [0.15, 0.2) is 0 Å². The van der Waals surface area contributed by atoms with Gasteiger partial charge in [-0.1, -0.05) is 49.5 Å². The molecule has 4 nitrogen and oxygen atoms in total. The number of hydrogen-bond acceptors (Lipinski definition) is 4. The third-order valence-corrected chi connectivity index (χ3v) is 11.8. The molecule has 0 bridgehead atoms. The fourth-order valence-electron chi connectivity index (χ4n) is 9.19. The predicted molar refractivity (Wildman–Crippen MR) is 129 cm³/mol. The summed E-state index contributed by atoms with van der Waals surface area (Å²) in [4.78, 5) is 24.2. The summed E-state index contributed by atoms with van der Waals surface area (Å²) in [5.41, 5.74) is 0.614. The summed E-state index contributed by atoms with van der Waals surface area (Å²) in [6, 6.07) is 0. The molecule has 0 amide bonds. The first-order valence-corrected chi connectivity index (χ1v) is 13.9. The third kappa shape index (κ3) is 3.96. The van der Waals surface area contributed by atoms with Gasteiger partial charge in [0.15, 0.2) is 0 Å². The van der Waals surface area contributed by atoms with Gasteiger partial charge in [0.05, 0.1) is 11.9 Å². The van der Waals surface area contributed by atoms with E-state index in [9.17, 15) is 9.59 Å². The van der Waals surface area contributed by atoms with E-state index in [2.05, 4.69) is 36.7 Å². The standard InChI is InChI=1S/C27H43BrO4/c1-16(9-12-22(30)31-5)18-10-11-19-23-20(13-15-27(18,19)4)26(3)14-7-6-8-21(26)24(28)25(23)32-17(2)29/h16,18-21,23-25H,6-15H2,1-5H3/t16-,18+,19-,20+,21-,23+,24+,25-,26+,27+/m0/s1. The Hall–Kier alpha value is -0.580. The molecule has 0 aromatic carbocycles. The van der Waals surface area contributed by atoms with Crippen LogP contribution in [0, 0.1) is 46.3 Å². The number of halogens is 1. The predicted octanol–water partition coefficient (Wildman–Crippen LogP) is 6.54. The van der Waals surface area contributed by atoms with Crippen LogP contribution >= 0.6 is 15.9 Å². The second kappa shape index (κ2) is 9.23. The van der Waals surface area contributed by atoms with Gasteiger partial charge >= 0.3 is 11.9 Å². The Balaban J connectivity index is 1.63. The molecule has 4 aliphatic carbocycles. The minimum absolute atomic E-state index is 0.0116.